The van der Waals surface area contributed by atoms with Crippen molar-refractivity contribution in [2.24, 2.45) is 0 Å². The zero-order valence-electron chi connectivity index (χ0n) is 20.6. The van der Waals surface area contributed by atoms with E-state index in [9.17, 15) is 0 Å². The van der Waals surface area contributed by atoms with Crippen molar-refractivity contribution >= 4 is 34.8 Å². The largest absolute Gasteiger partial charge is 0.0843 e. The Hall–Kier alpha value is -1.47. The highest BCUT2D eigenvalue weighted by atomic mass is 35.5. The molecule has 0 atom stereocenters. The van der Waals surface area contributed by atoms with Gasteiger partial charge in [-0.25, -0.2) is 0 Å². The average Bonchev–Trinajstić information content (AvgIpc) is 2.68. The molecular formula is C31H45Cl3. The molecule has 0 radical (unpaired) electrons. The molecule has 3 aromatic carbocycles. The van der Waals surface area contributed by atoms with E-state index < -0.39 is 0 Å². The predicted octanol–water partition coefficient (Wildman–Crippen LogP) is 12.3. The summed E-state index contributed by atoms with van der Waals surface area (Å²) >= 11 is 17.6. The van der Waals surface area contributed by atoms with Crippen LogP contribution in [0.3, 0.4) is 0 Å². The maximum atomic E-state index is 6.02. The molecule has 0 saturated heterocycles. The van der Waals surface area contributed by atoms with Crippen molar-refractivity contribution in [3.8, 4) is 0 Å². The monoisotopic (exact) mass is 522 g/mol. The summed E-state index contributed by atoms with van der Waals surface area (Å²) in [5.74, 6) is 1.65. The van der Waals surface area contributed by atoms with E-state index in [1.54, 1.807) is 6.07 Å². The molecule has 0 aliphatic heterocycles. The summed E-state index contributed by atoms with van der Waals surface area (Å²) in [5.41, 5.74) is 6.42. The molecular weight excluding hydrogens is 479 g/mol. The van der Waals surface area contributed by atoms with Crippen LogP contribution in [-0.2, 0) is 0 Å². The van der Waals surface area contributed by atoms with Gasteiger partial charge in [0.05, 0.1) is 0 Å². The van der Waals surface area contributed by atoms with Gasteiger partial charge in [-0.2, -0.15) is 0 Å². The molecule has 0 N–H and O–H groups in total. The Morgan fingerprint density at radius 2 is 1.03 bits per heavy atom. The molecule has 0 bridgehead atoms. The molecule has 3 aromatic rings. The first-order valence-corrected chi connectivity index (χ1v) is 12.3. The minimum atomic E-state index is 0. The summed E-state index contributed by atoms with van der Waals surface area (Å²) < 4.78 is 0. The molecule has 0 saturated carbocycles. The fourth-order valence-electron chi connectivity index (χ4n) is 3.04. The third-order valence-corrected chi connectivity index (χ3v) is 5.80. The van der Waals surface area contributed by atoms with Gasteiger partial charge in [0, 0.05) is 15.1 Å². The van der Waals surface area contributed by atoms with Gasteiger partial charge in [-0.15, -0.1) is 0 Å². The van der Waals surface area contributed by atoms with Gasteiger partial charge < -0.3 is 0 Å². The van der Waals surface area contributed by atoms with Gasteiger partial charge >= 0.3 is 0 Å². The van der Waals surface area contributed by atoms with Crippen LogP contribution >= 0.6 is 34.8 Å². The lowest BCUT2D eigenvalue weighted by Gasteiger charge is -2.07. The molecule has 34 heavy (non-hydrogen) atoms. The van der Waals surface area contributed by atoms with Crippen molar-refractivity contribution < 1.29 is 0 Å². The van der Waals surface area contributed by atoms with Crippen molar-refractivity contribution in [1.82, 2.24) is 0 Å². The Kier molecular flexibility index (Phi) is 17.4. The molecule has 0 heterocycles. The van der Waals surface area contributed by atoms with Crippen LogP contribution in [-0.4, -0.2) is 0 Å². The van der Waals surface area contributed by atoms with Crippen molar-refractivity contribution in [3.63, 3.8) is 0 Å². The van der Waals surface area contributed by atoms with E-state index in [0.717, 1.165) is 5.02 Å². The van der Waals surface area contributed by atoms with Crippen LogP contribution in [0.4, 0.5) is 0 Å². The molecule has 3 rings (SSSR count). The molecule has 0 spiro atoms. The fraction of sp³-hybridized carbons (Fsp3) is 0.419. The normalized spacial score (nSPS) is 9.94. The van der Waals surface area contributed by atoms with Gasteiger partial charge in [0.1, 0.15) is 0 Å². The summed E-state index contributed by atoms with van der Waals surface area (Å²) in [4.78, 5) is 0. The zero-order chi connectivity index (χ0) is 24.4. The number of aryl methyl sites for hydroxylation is 2. The highest BCUT2D eigenvalue weighted by Gasteiger charge is 2.03. The highest BCUT2D eigenvalue weighted by molar-refractivity contribution is 6.34. The summed E-state index contributed by atoms with van der Waals surface area (Å²) in [6.45, 7) is 17.1. The van der Waals surface area contributed by atoms with E-state index in [0.29, 0.717) is 27.8 Å². The third-order valence-electron chi connectivity index (χ3n) is 5.04. The molecule has 190 valence electrons. The van der Waals surface area contributed by atoms with Crippen LogP contribution in [0.5, 0.6) is 0 Å². The first kappa shape index (κ1) is 34.7. The summed E-state index contributed by atoms with van der Waals surface area (Å²) in [6, 6.07) is 20.5. The number of rotatable bonds is 3. The Bertz CT molecular complexity index is 952. The van der Waals surface area contributed by atoms with E-state index in [-0.39, 0.29) is 14.9 Å². The lowest BCUT2D eigenvalue weighted by molar-refractivity contribution is 0.865. The van der Waals surface area contributed by atoms with Gasteiger partial charge in [0.25, 0.3) is 0 Å². The van der Waals surface area contributed by atoms with Crippen molar-refractivity contribution in [3.05, 3.63) is 104 Å². The van der Waals surface area contributed by atoms with E-state index in [1.807, 2.05) is 18.2 Å². The highest BCUT2D eigenvalue weighted by Crippen LogP contribution is 2.25. The average molecular weight is 524 g/mol. The van der Waals surface area contributed by atoms with E-state index in [2.05, 4.69) is 91.8 Å². The second-order valence-corrected chi connectivity index (χ2v) is 10.4. The number of benzene rings is 3. The maximum Gasteiger partial charge on any atom is 0.0443 e. The molecule has 0 nitrogen and oxygen atoms in total. The molecule has 0 fully saturated rings. The van der Waals surface area contributed by atoms with Gasteiger partial charge in [-0.05, 0) is 78.1 Å². The second-order valence-electron chi connectivity index (χ2n) is 9.11. The number of hydrogen-bond acceptors (Lipinski definition) is 0. The van der Waals surface area contributed by atoms with Crippen LogP contribution in [0, 0.1) is 13.8 Å². The molecule has 3 heteroatoms. The van der Waals surface area contributed by atoms with Crippen molar-refractivity contribution in [1.29, 1.82) is 0 Å². The zero-order valence-corrected chi connectivity index (χ0v) is 22.9. The summed E-state index contributed by atoms with van der Waals surface area (Å²) in [7, 11) is 0. The Morgan fingerprint density at radius 3 is 1.41 bits per heavy atom. The summed E-state index contributed by atoms with van der Waals surface area (Å²) in [5, 5.41) is 2.31. The van der Waals surface area contributed by atoms with Crippen molar-refractivity contribution in [2.75, 3.05) is 0 Å². The van der Waals surface area contributed by atoms with Gasteiger partial charge in [-0.1, -0.05) is 133 Å². The lowest BCUT2D eigenvalue weighted by atomic mass is 10.0. The van der Waals surface area contributed by atoms with Crippen LogP contribution in [0.25, 0.3) is 0 Å². The predicted molar refractivity (Wildman–Crippen MR) is 160 cm³/mol. The Labute approximate surface area is 225 Å². The maximum absolute atomic E-state index is 6.02. The fourth-order valence-corrected chi connectivity index (χ4v) is 4.03. The topological polar surface area (TPSA) is 0 Å². The molecule has 0 amide bonds. The quantitative estimate of drug-likeness (QED) is 0.320. The lowest BCUT2D eigenvalue weighted by Crippen LogP contribution is -1.88. The SMILES string of the molecule is C.C.CC(C)c1cc(Cl)cc(Cl)c1.Cc1ccc(C(C)C)c(Cl)c1.Cc1cccc(C(C)C)c1. The third kappa shape index (κ3) is 12.8. The van der Waals surface area contributed by atoms with Crippen LogP contribution in [0.2, 0.25) is 15.1 Å². The smallest absolute Gasteiger partial charge is 0.0443 e. The van der Waals surface area contributed by atoms with Crippen molar-refractivity contribution in [2.45, 2.75) is 88.0 Å². The standard InChI is InChI=1S/C10H13Cl.C10H14.C9H10Cl2.2CH4/c1-7(2)9-5-4-8(3)6-10(9)11;1-8(2)10-6-4-5-9(3)7-10;1-6(2)7-3-8(10)5-9(11)4-7;;/h4-7H,1-3H3;4-8H,1-3H3;3-6H,1-2H3;2*1H4. The molecule has 0 unspecified atom stereocenters. The Balaban J connectivity index is 0. The Morgan fingerprint density at radius 1 is 0.529 bits per heavy atom. The second kappa shape index (κ2) is 17.0. The van der Waals surface area contributed by atoms with E-state index >= 15 is 0 Å². The molecule has 0 aromatic heterocycles. The first-order chi connectivity index (χ1) is 14.9. The van der Waals surface area contributed by atoms with Crippen LogP contribution in [0.1, 0.15) is 102 Å². The van der Waals surface area contributed by atoms with E-state index in [4.69, 9.17) is 34.8 Å². The minimum absolute atomic E-state index is 0. The number of halogens is 3. The first-order valence-electron chi connectivity index (χ1n) is 11.2. The minimum Gasteiger partial charge on any atom is -0.0843 e. The molecule has 0 aliphatic carbocycles. The van der Waals surface area contributed by atoms with Crippen LogP contribution < -0.4 is 0 Å². The number of hydrogen-bond donors (Lipinski definition) is 0. The van der Waals surface area contributed by atoms with Gasteiger partial charge in [0.15, 0.2) is 0 Å². The summed E-state index contributed by atoms with van der Waals surface area (Å²) in [6.07, 6.45) is 0. The molecule has 0 aliphatic rings. The van der Waals surface area contributed by atoms with Crippen LogP contribution in [0.15, 0.2) is 60.7 Å². The van der Waals surface area contributed by atoms with Gasteiger partial charge in [0.2, 0.25) is 0 Å². The van der Waals surface area contributed by atoms with Gasteiger partial charge in [-0.3, -0.25) is 0 Å². The van der Waals surface area contributed by atoms with E-state index in [1.165, 1.54) is 27.8 Å².